The topological polar surface area (TPSA) is 66.4 Å². The molecule has 0 aliphatic rings. The van der Waals surface area contributed by atoms with Crippen molar-refractivity contribution in [1.29, 1.82) is 0 Å². The Hall–Kier alpha value is -1.07. The fourth-order valence-electron chi connectivity index (χ4n) is 1.85. The lowest BCUT2D eigenvalue weighted by Crippen LogP contribution is -2.33. The first-order valence-electron chi connectivity index (χ1n) is 6.01. The van der Waals surface area contributed by atoms with Gasteiger partial charge in [-0.05, 0) is 25.5 Å². The Bertz CT molecular complexity index is 495. The number of hydrogen-bond acceptors (Lipinski definition) is 4. The van der Waals surface area contributed by atoms with Crippen LogP contribution in [-0.2, 0) is 9.84 Å². The van der Waals surface area contributed by atoms with Gasteiger partial charge in [0.15, 0.2) is 9.84 Å². The second-order valence-corrected chi connectivity index (χ2v) is 6.85. The summed E-state index contributed by atoms with van der Waals surface area (Å²) >= 11 is 0. The van der Waals surface area contributed by atoms with E-state index in [0.717, 1.165) is 6.42 Å². The van der Waals surface area contributed by atoms with Crippen LogP contribution in [0.2, 0.25) is 0 Å². The van der Waals surface area contributed by atoms with Gasteiger partial charge in [-0.3, -0.25) is 0 Å². The Labute approximate surface area is 109 Å². The summed E-state index contributed by atoms with van der Waals surface area (Å²) in [6, 6.07) is 6.72. The Morgan fingerprint density at radius 1 is 1.33 bits per heavy atom. The largest absolute Gasteiger partial charge is 0.388 e. The molecule has 0 aliphatic heterocycles. The molecule has 102 valence electrons. The monoisotopic (exact) mass is 271 g/mol. The fourth-order valence-corrected chi connectivity index (χ4v) is 2.71. The molecule has 0 spiro atoms. The minimum Gasteiger partial charge on any atom is -0.388 e. The van der Waals surface area contributed by atoms with Gasteiger partial charge in [0.2, 0.25) is 0 Å². The number of para-hydroxylation sites is 1. The minimum absolute atomic E-state index is 0.261. The van der Waals surface area contributed by atoms with E-state index in [-0.39, 0.29) is 4.90 Å². The van der Waals surface area contributed by atoms with Crippen LogP contribution in [0.4, 0.5) is 5.69 Å². The van der Waals surface area contributed by atoms with E-state index in [0.29, 0.717) is 18.7 Å². The van der Waals surface area contributed by atoms with Crippen molar-refractivity contribution in [1.82, 2.24) is 0 Å². The van der Waals surface area contributed by atoms with Crippen LogP contribution in [0.3, 0.4) is 0 Å². The maximum Gasteiger partial charge on any atom is 0.177 e. The van der Waals surface area contributed by atoms with Gasteiger partial charge in [-0.1, -0.05) is 25.5 Å². The highest BCUT2D eigenvalue weighted by atomic mass is 32.2. The highest BCUT2D eigenvalue weighted by molar-refractivity contribution is 7.90. The number of hydrogen-bond donors (Lipinski definition) is 2. The van der Waals surface area contributed by atoms with Crippen LogP contribution in [0.15, 0.2) is 29.2 Å². The van der Waals surface area contributed by atoms with Gasteiger partial charge >= 0.3 is 0 Å². The second kappa shape index (κ2) is 5.71. The van der Waals surface area contributed by atoms with E-state index >= 15 is 0 Å². The SMILES string of the molecule is CCCC(C)(O)CNc1ccccc1S(C)(=O)=O. The number of benzene rings is 1. The second-order valence-electron chi connectivity index (χ2n) is 4.87. The zero-order chi connectivity index (χ0) is 13.8. The van der Waals surface area contributed by atoms with E-state index in [2.05, 4.69) is 5.32 Å². The third kappa shape index (κ3) is 4.31. The normalized spacial score (nSPS) is 15.1. The molecule has 0 heterocycles. The van der Waals surface area contributed by atoms with E-state index < -0.39 is 15.4 Å². The molecule has 0 saturated heterocycles. The van der Waals surface area contributed by atoms with Gasteiger partial charge in [0.05, 0.1) is 16.2 Å². The average Bonchev–Trinajstić information content (AvgIpc) is 2.26. The molecule has 1 aromatic rings. The molecule has 0 aromatic heterocycles. The molecule has 5 heteroatoms. The van der Waals surface area contributed by atoms with Crippen LogP contribution in [0, 0.1) is 0 Å². The molecule has 0 aliphatic carbocycles. The third-order valence-corrected chi connectivity index (χ3v) is 3.89. The summed E-state index contributed by atoms with van der Waals surface area (Å²) in [6.07, 6.45) is 2.72. The molecule has 0 fully saturated rings. The van der Waals surface area contributed by atoms with Gasteiger partial charge in [-0.25, -0.2) is 8.42 Å². The van der Waals surface area contributed by atoms with Gasteiger partial charge in [0.1, 0.15) is 0 Å². The van der Waals surface area contributed by atoms with Crippen LogP contribution in [0.5, 0.6) is 0 Å². The molecular weight excluding hydrogens is 250 g/mol. The maximum atomic E-state index is 11.6. The highest BCUT2D eigenvalue weighted by Gasteiger charge is 2.20. The lowest BCUT2D eigenvalue weighted by molar-refractivity contribution is 0.0636. The van der Waals surface area contributed by atoms with E-state index in [1.54, 1.807) is 31.2 Å². The summed E-state index contributed by atoms with van der Waals surface area (Å²) in [5.74, 6) is 0. The lowest BCUT2D eigenvalue weighted by atomic mass is 10.0. The molecule has 1 unspecified atom stereocenters. The molecule has 1 atom stereocenters. The van der Waals surface area contributed by atoms with Crippen molar-refractivity contribution in [3.05, 3.63) is 24.3 Å². The summed E-state index contributed by atoms with van der Waals surface area (Å²) in [6.45, 7) is 4.07. The maximum absolute atomic E-state index is 11.6. The van der Waals surface area contributed by atoms with Crippen LogP contribution in [0.1, 0.15) is 26.7 Å². The minimum atomic E-state index is -3.26. The predicted octanol–water partition coefficient (Wildman–Crippen LogP) is 2.05. The van der Waals surface area contributed by atoms with Crippen molar-refractivity contribution < 1.29 is 13.5 Å². The Kier molecular flexibility index (Phi) is 4.76. The van der Waals surface area contributed by atoms with Gasteiger partial charge in [-0.15, -0.1) is 0 Å². The summed E-state index contributed by atoms with van der Waals surface area (Å²) in [5.41, 5.74) is -0.296. The average molecular weight is 271 g/mol. The summed E-state index contributed by atoms with van der Waals surface area (Å²) < 4.78 is 23.2. The number of aliphatic hydroxyl groups is 1. The number of rotatable bonds is 6. The molecule has 0 amide bonds. The number of anilines is 1. The lowest BCUT2D eigenvalue weighted by Gasteiger charge is -2.24. The highest BCUT2D eigenvalue weighted by Crippen LogP contribution is 2.22. The first kappa shape index (κ1) is 15.0. The van der Waals surface area contributed by atoms with Gasteiger partial charge in [-0.2, -0.15) is 0 Å². The van der Waals surface area contributed by atoms with E-state index in [1.807, 2.05) is 6.92 Å². The smallest absolute Gasteiger partial charge is 0.177 e. The fraction of sp³-hybridized carbons (Fsp3) is 0.538. The molecular formula is C13H21NO3S. The van der Waals surface area contributed by atoms with Gasteiger partial charge < -0.3 is 10.4 Å². The molecule has 1 aromatic carbocycles. The van der Waals surface area contributed by atoms with Gasteiger partial charge in [0, 0.05) is 12.8 Å². The standard InChI is InChI=1S/C13H21NO3S/c1-4-9-13(2,15)10-14-11-7-5-6-8-12(11)18(3,16)17/h5-8,14-15H,4,9-10H2,1-3H3. The number of sulfone groups is 1. The van der Waals surface area contributed by atoms with Crippen LogP contribution in [-0.4, -0.2) is 31.9 Å². The van der Waals surface area contributed by atoms with E-state index in [1.165, 1.54) is 6.26 Å². The number of nitrogens with one attached hydrogen (secondary N) is 1. The first-order chi connectivity index (χ1) is 8.26. The molecule has 4 nitrogen and oxygen atoms in total. The molecule has 18 heavy (non-hydrogen) atoms. The van der Waals surface area contributed by atoms with E-state index in [4.69, 9.17) is 0 Å². The van der Waals surface area contributed by atoms with Crippen molar-refractivity contribution in [3.63, 3.8) is 0 Å². The molecule has 2 N–H and O–H groups in total. The first-order valence-corrected chi connectivity index (χ1v) is 7.91. The zero-order valence-corrected chi connectivity index (χ0v) is 11.9. The molecule has 0 bridgehead atoms. The van der Waals surface area contributed by atoms with Crippen molar-refractivity contribution >= 4 is 15.5 Å². The summed E-state index contributed by atoms with van der Waals surface area (Å²) in [7, 11) is -3.26. The quantitative estimate of drug-likeness (QED) is 0.831. The van der Waals surface area contributed by atoms with E-state index in [9.17, 15) is 13.5 Å². The predicted molar refractivity (Wildman–Crippen MR) is 73.6 cm³/mol. The zero-order valence-electron chi connectivity index (χ0n) is 11.1. The van der Waals surface area contributed by atoms with Crippen molar-refractivity contribution in [2.24, 2.45) is 0 Å². The Morgan fingerprint density at radius 2 is 1.94 bits per heavy atom. The third-order valence-electron chi connectivity index (χ3n) is 2.73. The molecule has 0 radical (unpaired) electrons. The van der Waals surface area contributed by atoms with Crippen molar-refractivity contribution in [2.75, 3.05) is 18.1 Å². The van der Waals surface area contributed by atoms with Crippen LogP contribution < -0.4 is 5.32 Å². The summed E-state index contributed by atoms with van der Waals surface area (Å²) in [5, 5.41) is 13.1. The van der Waals surface area contributed by atoms with Crippen LogP contribution >= 0.6 is 0 Å². The Balaban J connectivity index is 2.86. The van der Waals surface area contributed by atoms with Crippen molar-refractivity contribution in [2.45, 2.75) is 37.2 Å². The summed E-state index contributed by atoms with van der Waals surface area (Å²) in [4.78, 5) is 0.261. The Morgan fingerprint density at radius 3 is 2.50 bits per heavy atom. The van der Waals surface area contributed by atoms with Gasteiger partial charge in [0.25, 0.3) is 0 Å². The molecule has 0 saturated carbocycles. The van der Waals surface area contributed by atoms with Crippen molar-refractivity contribution in [3.8, 4) is 0 Å². The molecule has 1 rings (SSSR count). The van der Waals surface area contributed by atoms with Crippen LogP contribution in [0.25, 0.3) is 0 Å².